The summed E-state index contributed by atoms with van der Waals surface area (Å²) in [6.07, 6.45) is 4.73. The van der Waals surface area contributed by atoms with Gasteiger partial charge >= 0.3 is 0 Å². The average molecular weight is 218 g/mol. The fourth-order valence-electron chi connectivity index (χ4n) is 2.10. The number of amides is 1. The Morgan fingerprint density at radius 2 is 1.88 bits per heavy atom. The molecule has 1 fully saturated rings. The Labute approximate surface area is 96.5 Å². The van der Waals surface area contributed by atoms with E-state index in [0.29, 0.717) is 5.69 Å². The van der Waals surface area contributed by atoms with Gasteiger partial charge in [0.05, 0.1) is 0 Å². The highest BCUT2D eigenvalue weighted by Gasteiger charge is 2.17. The van der Waals surface area contributed by atoms with Crippen LogP contribution in [-0.2, 0) is 0 Å². The molecule has 1 saturated heterocycles. The van der Waals surface area contributed by atoms with E-state index in [1.54, 1.807) is 6.07 Å². The zero-order valence-corrected chi connectivity index (χ0v) is 9.78. The van der Waals surface area contributed by atoms with Crippen LogP contribution < -0.4 is 0 Å². The van der Waals surface area contributed by atoms with Gasteiger partial charge in [-0.3, -0.25) is 4.79 Å². The average Bonchev–Trinajstić information content (AvgIpc) is 2.56. The van der Waals surface area contributed by atoms with Gasteiger partial charge in [-0.2, -0.15) is 0 Å². The molecule has 1 aromatic rings. The summed E-state index contributed by atoms with van der Waals surface area (Å²) < 4.78 is 0. The maximum Gasteiger partial charge on any atom is 0.272 e. The Morgan fingerprint density at radius 1 is 1.19 bits per heavy atom. The molecule has 1 aromatic heterocycles. The molecule has 0 radical (unpaired) electrons. The molecule has 1 amide bonds. The van der Waals surface area contributed by atoms with E-state index >= 15 is 0 Å². The molecule has 1 aliphatic rings. The molecule has 0 bridgehead atoms. The van der Waals surface area contributed by atoms with Crippen molar-refractivity contribution in [2.24, 2.45) is 0 Å². The van der Waals surface area contributed by atoms with Crippen molar-refractivity contribution >= 4 is 5.91 Å². The van der Waals surface area contributed by atoms with Gasteiger partial charge in [0.25, 0.3) is 5.91 Å². The summed E-state index contributed by atoms with van der Waals surface area (Å²) in [6, 6.07) is 5.62. The predicted molar refractivity (Wildman–Crippen MR) is 63.3 cm³/mol. The van der Waals surface area contributed by atoms with Crippen LogP contribution in [-0.4, -0.2) is 28.9 Å². The summed E-state index contributed by atoms with van der Waals surface area (Å²) in [6.45, 7) is 3.68. The van der Waals surface area contributed by atoms with Gasteiger partial charge in [0.1, 0.15) is 5.69 Å². The molecule has 86 valence electrons. The number of carbonyl (C=O) groups excluding carboxylic acids is 1. The van der Waals surface area contributed by atoms with Crippen LogP contribution in [0.5, 0.6) is 0 Å². The maximum atomic E-state index is 12.2. The highest BCUT2D eigenvalue weighted by molar-refractivity contribution is 5.92. The number of rotatable bonds is 1. The van der Waals surface area contributed by atoms with Crippen molar-refractivity contribution in [3.8, 4) is 0 Å². The highest BCUT2D eigenvalue weighted by Crippen LogP contribution is 2.12. The summed E-state index contributed by atoms with van der Waals surface area (Å²) >= 11 is 0. The van der Waals surface area contributed by atoms with Crippen LogP contribution >= 0.6 is 0 Å². The van der Waals surface area contributed by atoms with Gasteiger partial charge in [0, 0.05) is 18.8 Å². The first-order chi connectivity index (χ1) is 7.77. The number of likely N-dealkylation sites (tertiary alicyclic amines) is 1. The maximum absolute atomic E-state index is 12.2. The van der Waals surface area contributed by atoms with E-state index in [1.807, 2.05) is 24.0 Å². The van der Waals surface area contributed by atoms with E-state index in [2.05, 4.69) is 4.98 Å². The first-order valence-electron chi connectivity index (χ1n) is 6.00. The SMILES string of the molecule is Cc1cccc(C(=O)N2CCCCCC2)n1. The van der Waals surface area contributed by atoms with Crippen molar-refractivity contribution in [3.05, 3.63) is 29.6 Å². The minimum absolute atomic E-state index is 0.0885. The van der Waals surface area contributed by atoms with Gasteiger partial charge in [0.15, 0.2) is 0 Å². The second kappa shape index (κ2) is 5.10. The molecule has 0 N–H and O–H groups in total. The lowest BCUT2D eigenvalue weighted by molar-refractivity contribution is 0.0755. The fourth-order valence-corrected chi connectivity index (χ4v) is 2.10. The first-order valence-corrected chi connectivity index (χ1v) is 6.00. The van der Waals surface area contributed by atoms with E-state index in [0.717, 1.165) is 31.6 Å². The summed E-state index contributed by atoms with van der Waals surface area (Å²) in [7, 11) is 0. The summed E-state index contributed by atoms with van der Waals surface area (Å²) in [5.74, 6) is 0.0885. The lowest BCUT2D eigenvalue weighted by Gasteiger charge is -2.19. The van der Waals surface area contributed by atoms with E-state index in [1.165, 1.54) is 12.8 Å². The third-order valence-electron chi connectivity index (χ3n) is 3.00. The number of nitrogens with zero attached hydrogens (tertiary/aromatic N) is 2. The third-order valence-corrected chi connectivity index (χ3v) is 3.00. The first kappa shape index (κ1) is 11.1. The highest BCUT2D eigenvalue weighted by atomic mass is 16.2. The Kier molecular flexibility index (Phi) is 3.54. The zero-order chi connectivity index (χ0) is 11.4. The van der Waals surface area contributed by atoms with Crippen LogP contribution in [0.15, 0.2) is 18.2 Å². The van der Waals surface area contributed by atoms with Crippen molar-refractivity contribution in [1.82, 2.24) is 9.88 Å². The zero-order valence-electron chi connectivity index (χ0n) is 9.78. The largest absolute Gasteiger partial charge is 0.337 e. The summed E-state index contributed by atoms with van der Waals surface area (Å²) in [5, 5.41) is 0. The van der Waals surface area contributed by atoms with E-state index in [-0.39, 0.29) is 5.91 Å². The van der Waals surface area contributed by atoms with Crippen LogP contribution in [0.25, 0.3) is 0 Å². The number of hydrogen-bond donors (Lipinski definition) is 0. The van der Waals surface area contributed by atoms with Crippen LogP contribution in [0.3, 0.4) is 0 Å². The second-order valence-corrected chi connectivity index (χ2v) is 4.37. The van der Waals surface area contributed by atoms with Crippen molar-refractivity contribution < 1.29 is 4.79 Å². The Hall–Kier alpha value is -1.38. The quantitative estimate of drug-likeness (QED) is 0.725. The van der Waals surface area contributed by atoms with Crippen molar-refractivity contribution in [1.29, 1.82) is 0 Å². The van der Waals surface area contributed by atoms with E-state index < -0.39 is 0 Å². The smallest absolute Gasteiger partial charge is 0.272 e. The third kappa shape index (κ3) is 2.60. The van der Waals surface area contributed by atoms with Crippen molar-refractivity contribution in [3.63, 3.8) is 0 Å². The van der Waals surface area contributed by atoms with Gasteiger partial charge in [-0.25, -0.2) is 4.98 Å². The summed E-state index contributed by atoms with van der Waals surface area (Å²) in [4.78, 5) is 18.4. The van der Waals surface area contributed by atoms with Crippen LogP contribution in [0.1, 0.15) is 41.9 Å². The Morgan fingerprint density at radius 3 is 2.50 bits per heavy atom. The lowest BCUT2D eigenvalue weighted by atomic mass is 10.2. The molecule has 0 saturated carbocycles. The van der Waals surface area contributed by atoms with Crippen LogP contribution in [0, 0.1) is 6.92 Å². The summed E-state index contributed by atoms with van der Waals surface area (Å²) in [5.41, 5.74) is 1.49. The minimum Gasteiger partial charge on any atom is -0.337 e. The second-order valence-electron chi connectivity index (χ2n) is 4.37. The lowest BCUT2D eigenvalue weighted by Crippen LogP contribution is -2.32. The standard InChI is InChI=1S/C13H18N2O/c1-11-7-6-8-12(14-11)13(16)15-9-4-2-3-5-10-15/h6-8H,2-5,9-10H2,1H3. The van der Waals surface area contributed by atoms with Gasteiger partial charge in [-0.05, 0) is 31.9 Å². The molecule has 1 aliphatic heterocycles. The predicted octanol–water partition coefficient (Wildman–Crippen LogP) is 2.41. The molecule has 2 heterocycles. The van der Waals surface area contributed by atoms with E-state index in [4.69, 9.17) is 0 Å². The number of pyridine rings is 1. The number of hydrogen-bond acceptors (Lipinski definition) is 2. The molecule has 0 unspecified atom stereocenters. The number of carbonyl (C=O) groups is 1. The Balaban J connectivity index is 2.11. The van der Waals surface area contributed by atoms with Gasteiger partial charge in [-0.15, -0.1) is 0 Å². The molecule has 3 nitrogen and oxygen atoms in total. The number of aromatic nitrogens is 1. The monoisotopic (exact) mass is 218 g/mol. The molecule has 16 heavy (non-hydrogen) atoms. The molecule has 0 atom stereocenters. The van der Waals surface area contributed by atoms with Gasteiger partial charge < -0.3 is 4.90 Å². The van der Waals surface area contributed by atoms with Gasteiger partial charge in [0.2, 0.25) is 0 Å². The molecule has 0 spiro atoms. The van der Waals surface area contributed by atoms with Gasteiger partial charge in [-0.1, -0.05) is 18.9 Å². The molecule has 3 heteroatoms. The minimum atomic E-state index is 0.0885. The van der Waals surface area contributed by atoms with E-state index in [9.17, 15) is 4.79 Å². The fraction of sp³-hybridized carbons (Fsp3) is 0.538. The number of aryl methyl sites for hydroxylation is 1. The van der Waals surface area contributed by atoms with Crippen molar-refractivity contribution in [2.45, 2.75) is 32.6 Å². The molecule has 0 aromatic carbocycles. The Bertz CT molecular complexity index is 368. The van der Waals surface area contributed by atoms with Crippen LogP contribution in [0.2, 0.25) is 0 Å². The molecular weight excluding hydrogens is 200 g/mol. The molecular formula is C13H18N2O. The molecule has 2 rings (SSSR count). The normalized spacial score (nSPS) is 16.9. The van der Waals surface area contributed by atoms with Crippen molar-refractivity contribution in [2.75, 3.05) is 13.1 Å². The topological polar surface area (TPSA) is 33.2 Å². The van der Waals surface area contributed by atoms with Crippen LogP contribution in [0.4, 0.5) is 0 Å². The molecule has 0 aliphatic carbocycles.